The molecule has 2 atom stereocenters. The number of hydrogen-bond donors (Lipinski definition) is 2. The summed E-state index contributed by atoms with van der Waals surface area (Å²) in [5.41, 5.74) is 0.282. The summed E-state index contributed by atoms with van der Waals surface area (Å²) in [6.45, 7) is 1.27. The van der Waals surface area contributed by atoms with E-state index in [1.807, 2.05) is 0 Å². The van der Waals surface area contributed by atoms with Crippen LogP contribution in [0.1, 0.15) is 6.92 Å². The third-order valence-electron chi connectivity index (χ3n) is 3.71. The normalized spacial score (nSPS) is 20.1. The number of para-hydroxylation sites is 1. The molecular weight excluding hydrogens is 428 g/mol. The Morgan fingerprint density at radius 1 is 1.31 bits per heavy atom. The number of amides is 2. The Hall–Kier alpha value is -2.33. The number of allylic oxidation sites excluding steroid dienone is 1. The summed E-state index contributed by atoms with van der Waals surface area (Å²) in [6, 6.07) is 7.31. The molecule has 2 amide bonds. The highest BCUT2D eigenvalue weighted by Gasteiger charge is 2.55. The van der Waals surface area contributed by atoms with Gasteiger partial charge in [-0.25, -0.2) is 4.79 Å². The third-order valence-corrected chi connectivity index (χ3v) is 5.09. The van der Waals surface area contributed by atoms with Crippen LogP contribution >= 0.6 is 27.7 Å². The van der Waals surface area contributed by atoms with E-state index in [0.29, 0.717) is 23.1 Å². The molecule has 2 N–H and O–H groups in total. The number of aliphatic hydroxyl groups excluding tert-OH is 1. The largest absolute Gasteiger partial charge is 0.509 e. The topological polar surface area (TPSA) is 115 Å². The molecule has 10 heteroatoms. The molecule has 2 unspecified atom stereocenters. The summed E-state index contributed by atoms with van der Waals surface area (Å²) in [6.07, 6.45) is 0. The molecule has 1 aliphatic heterocycles. The fraction of sp³-hybridized carbons (Fsp3) is 0.250. The Morgan fingerprint density at radius 2 is 1.92 bits per heavy atom. The van der Waals surface area contributed by atoms with Crippen LogP contribution in [0, 0.1) is 0 Å². The highest BCUT2D eigenvalue weighted by molar-refractivity contribution is 9.09. The van der Waals surface area contributed by atoms with Crippen molar-refractivity contribution in [1.82, 2.24) is 4.90 Å². The van der Waals surface area contributed by atoms with Crippen molar-refractivity contribution in [3.63, 3.8) is 0 Å². The van der Waals surface area contributed by atoms with Crippen molar-refractivity contribution < 1.29 is 29.4 Å². The van der Waals surface area contributed by atoms with Crippen molar-refractivity contribution in [1.29, 1.82) is 0 Å². The van der Waals surface area contributed by atoms with Gasteiger partial charge in [0.25, 0.3) is 5.91 Å². The Labute approximate surface area is 161 Å². The first kappa shape index (κ1) is 20.0. The second-order valence-electron chi connectivity index (χ2n) is 5.23. The lowest BCUT2D eigenvalue weighted by molar-refractivity contribution is -0.149. The van der Waals surface area contributed by atoms with E-state index < -0.39 is 40.7 Å². The highest BCUT2D eigenvalue weighted by atomic mass is 79.9. The van der Waals surface area contributed by atoms with E-state index in [4.69, 9.17) is 0 Å². The van der Waals surface area contributed by atoms with Crippen molar-refractivity contribution in [2.45, 2.75) is 18.3 Å². The van der Waals surface area contributed by atoms with Crippen LogP contribution in [0.2, 0.25) is 0 Å². The summed E-state index contributed by atoms with van der Waals surface area (Å²) in [5, 5.41) is 18.1. The second kappa shape index (κ2) is 8.37. The van der Waals surface area contributed by atoms with Crippen molar-refractivity contribution in [3.05, 3.63) is 41.8 Å². The van der Waals surface area contributed by atoms with E-state index in [1.54, 1.807) is 30.3 Å². The molecule has 0 aliphatic carbocycles. The van der Waals surface area contributed by atoms with E-state index in [-0.39, 0.29) is 5.33 Å². The lowest BCUT2D eigenvalue weighted by Crippen LogP contribution is -2.70. The van der Waals surface area contributed by atoms with Crippen molar-refractivity contribution in [3.8, 4) is 0 Å². The molecule has 1 saturated heterocycles. The van der Waals surface area contributed by atoms with E-state index in [2.05, 4.69) is 15.9 Å². The molecule has 1 fully saturated rings. The molecule has 26 heavy (non-hydrogen) atoms. The number of halogens is 1. The first-order chi connectivity index (χ1) is 12.3. The number of nitrogens with zero attached hydrogens (tertiary/aromatic N) is 2. The van der Waals surface area contributed by atoms with Gasteiger partial charge in [-0.3, -0.25) is 24.2 Å². The number of anilines is 1. The number of carboxylic acid groups (broad SMARTS) is 1. The zero-order chi connectivity index (χ0) is 19.4. The molecule has 0 radical (unpaired) electrons. The van der Waals surface area contributed by atoms with Crippen molar-refractivity contribution in [2.75, 3.05) is 10.2 Å². The predicted molar refractivity (Wildman–Crippen MR) is 99.5 cm³/mol. The van der Waals surface area contributed by atoms with E-state index in [0.717, 1.165) is 4.90 Å². The fourth-order valence-electron chi connectivity index (χ4n) is 2.67. The van der Waals surface area contributed by atoms with Gasteiger partial charge in [-0.2, -0.15) is 0 Å². The Morgan fingerprint density at radius 3 is 2.38 bits per heavy atom. The lowest BCUT2D eigenvalue weighted by atomic mass is 10.0. The van der Waals surface area contributed by atoms with Crippen LogP contribution in [0.3, 0.4) is 0 Å². The minimum absolute atomic E-state index is 0.184. The van der Waals surface area contributed by atoms with E-state index in [1.165, 1.54) is 11.8 Å². The molecule has 1 heterocycles. The molecule has 1 aromatic carbocycles. The van der Waals surface area contributed by atoms with Gasteiger partial charge in [0, 0.05) is 12.6 Å². The maximum Gasteiger partial charge on any atom is 0.356 e. The predicted octanol–water partition coefficient (Wildman–Crippen LogP) is 1.75. The zero-order valence-corrected chi connectivity index (χ0v) is 15.9. The van der Waals surface area contributed by atoms with Crippen molar-refractivity contribution >= 4 is 56.8 Å². The maximum atomic E-state index is 12.7. The number of likely N-dealkylation sites (tertiary alicyclic amines) is 1. The standard InChI is InChI=1S/C16H15BrN2O6S/c1-9(21)18(10-5-3-2-4-6-10)13-14(23)19(15(13)26-8-20)12(16(24)25)11(22)7-17/h2-6,8,13,15,22H,7H2,1H3,(H,24,25). The number of β-lactam (4-membered cyclic amide) rings is 1. The number of benzene rings is 1. The maximum absolute atomic E-state index is 12.7. The Balaban J connectivity index is 2.48. The molecular formula is C16H15BrN2O6S. The number of aliphatic hydroxyl groups is 1. The number of aliphatic carboxylic acids is 1. The lowest BCUT2D eigenvalue weighted by Gasteiger charge is -2.49. The molecule has 1 aromatic rings. The van der Waals surface area contributed by atoms with Gasteiger partial charge in [0.05, 0.1) is 5.33 Å². The van der Waals surface area contributed by atoms with Gasteiger partial charge in [0.1, 0.15) is 17.2 Å². The van der Waals surface area contributed by atoms with E-state index >= 15 is 0 Å². The monoisotopic (exact) mass is 442 g/mol. The molecule has 0 spiro atoms. The molecule has 138 valence electrons. The number of hydrogen-bond acceptors (Lipinski definition) is 6. The SMILES string of the molecule is CC(=O)N(c1ccccc1)C1C(=O)N(C(C(=O)O)=C(O)CBr)C1SC=O. The van der Waals surface area contributed by atoms with Crippen LogP contribution in [0.4, 0.5) is 5.69 Å². The van der Waals surface area contributed by atoms with Gasteiger partial charge in [-0.1, -0.05) is 45.9 Å². The smallest absolute Gasteiger partial charge is 0.356 e. The summed E-state index contributed by atoms with van der Waals surface area (Å²) in [5.74, 6) is -3.21. The van der Waals surface area contributed by atoms with Crippen molar-refractivity contribution in [2.24, 2.45) is 0 Å². The van der Waals surface area contributed by atoms with Crippen LogP contribution in [0.5, 0.6) is 0 Å². The van der Waals surface area contributed by atoms with Crippen LogP contribution in [-0.4, -0.2) is 55.3 Å². The van der Waals surface area contributed by atoms with Crippen LogP contribution in [-0.2, 0) is 19.2 Å². The van der Waals surface area contributed by atoms with Crippen LogP contribution < -0.4 is 4.90 Å². The average molecular weight is 443 g/mol. The number of carbonyl (C=O) groups excluding carboxylic acids is 3. The number of carbonyl (C=O) groups is 4. The molecule has 0 saturated carbocycles. The minimum atomic E-state index is -1.51. The van der Waals surface area contributed by atoms with Gasteiger partial charge in [-0.15, -0.1) is 0 Å². The molecule has 2 rings (SSSR count). The van der Waals surface area contributed by atoms with Gasteiger partial charge in [-0.05, 0) is 12.1 Å². The van der Waals surface area contributed by atoms with Crippen LogP contribution in [0.15, 0.2) is 41.8 Å². The summed E-state index contributed by atoms with van der Waals surface area (Å²) >= 11 is 3.60. The molecule has 0 bridgehead atoms. The summed E-state index contributed by atoms with van der Waals surface area (Å²) in [4.78, 5) is 49.4. The molecule has 0 aromatic heterocycles. The Kier molecular flexibility index (Phi) is 6.43. The molecule has 1 aliphatic rings. The first-order valence-electron chi connectivity index (χ1n) is 7.33. The van der Waals surface area contributed by atoms with E-state index in [9.17, 15) is 29.4 Å². The number of carboxylic acids is 1. The zero-order valence-electron chi connectivity index (χ0n) is 13.5. The highest BCUT2D eigenvalue weighted by Crippen LogP contribution is 2.38. The number of thioether (sulfide) groups is 1. The summed E-state index contributed by atoms with van der Waals surface area (Å²) < 4.78 is 0. The second-order valence-corrected chi connectivity index (χ2v) is 6.74. The van der Waals surface area contributed by atoms with Gasteiger partial charge in [0.2, 0.25) is 5.91 Å². The Bertz CT molecular complexity index is 769. The minimum Gasteiger partial charge on any atom is -0.509 e. The van der Waals surface area contributed by atoms with Crippen LogP contribution in [0.25, 0.3) is 0 Å². The quantitative estimate of drug-likeness (QED) is 0.217. The first-order valence-corrected chi connectivity index (χ1v) is 9.40. The molecule has 8 nitrogen and oxygen atoms in total. The number of alkyl halides is 1. The number of rotatable bonds is 7. The van der Waals surface area contributed by atoms with Gasteiger partial charge < -0.3 is 10.2 Å². The average Bonchev–Trinajstić information content (AvgIpc) is 2.62. The summed E-state index contributed by atoms with van der Waals surface area (Å²) in [7, 11) is 0. The fourth-order valence-corrected chi connectivity index (χ4v) is 3.77. The third kappa shape index (κ3) is 3.61. The van der Waals surface area contributed by atoms with Gasteiger partial charge >= 0.3 is 5.97 Å². The van der Waals surface area contributed by atoms with Gasteiger partial charge in [0.15, 0.2) is 11.3 Å².